The van der Waals surface area contributed by atoms with E-state index in [0.717, 1.165) is 39.6 Å². The maximum absolute atomic E-state index is 14.9. The Hall–Kier alpha value is -2.89. The lowest BCUT2D eigenvalue weighted by Crippen LogP contribution is -2.10. The molecule has 148 valence electrons. The number of benzene rings is 1. The van der Waals surface area contributed by atoms with Crippen LogP contribution in [0.1, 0.15) is 35.7 Å². The molecular formula is C22H25FN2O3. The van der Waals surface area contributed by atoms with Crippen molar-refractivity contribution >= 4 is 17.0 Å². The Balaban J connectivity index is 2.38. The zero-order valence-electron chi connectivity index (χ0n) is 16.9. The van der Waals surface area contributed by atoms with Gasteiger partial charge in [-0.3, -0.25) is 4.79 Å². The lowest BCUT2D eigenvalue weighted by Gasteiger charge is -2.20. The van der Waals surface area contributed by atoms with Gasteiger partial charge in [-0.1, -0.05) is 13.3 Å². The predicted molar refractivity (Wildman–Crippen MR) is 107 cm³/mol. The van der Waals surface area contributed by atoms with Crippen LogP contribution in [0.5, 0.6) is 5.75 Å². The summed E-state index contributed by atoms with van der Waals surface area (Å²) in [5.74, 6) is -0.483. The molecule has 0 aliphatic carbocycles. The highest BCUT2D eigenvalue weighted by atomic mass is 19.1. The van der Waals surface area contributed by atoms with E-state index in [0.29, 0.717) is 17.8 Å². The molecule has 0 aliphatic rings. The Morgan fingerprint density at radius 3 is 2.64 bits per heavy atom. The molecule has 2 aromatic heterocycles. The van der Waals surface area contributed by atoms with Gasteiger partial charge in [0, 0.05) is 22.8 Å². The first-order valence-corrected chi connectivity index (χ1v) is 9.32. The van der Waals surface area contributed by atoms with E-state index in [1.54, 1.807) is 6.20 Å². The number of hydrogen-bond donors (Lipinski definition) is 1. The number of carbonyl (C=O) groups is 1. The molecule has 0 atom stereocenters. The highest BCUT2D eigenvalue weighted by Crippen LogP contribution is 2.40. The highest BCUT2D eigenvalue weighted by molar-refractivity contribution is 5.98. The van der Waals surface area contributed by atoms with Crippen molar-refractivity contribution in [3.05, 3.63) is 46.5 Å². The number of carbonyl (C=O) groups excluding carboxylic acids is 1. The maximum Gasteiger partial charge on any atom is 0.310 e. The number of nitrogens with one attached hydrogen (secondary N) is 1. The van der Waals surface area contributed by atoms with E-state index in [2.05, 4.69) is 9.97 Å². The number of aryl methyl sites for hydroxylation is 1. The standard InChI is InChI=1S/C22H25FN2O3/c1-6-7-14-12(2)16(10-18(23)21(14)28-5)20-15-8-9-24-22(15)25-13(3)17(20)11-19(26)27-4/h8-10H,6-7,11H2,1-5H3,(H,24,25). The van der Waals surface area contributed by atoms with Crippen molar-refractivity contribution in [2.24, 2.45) is 0 Å². The number of esters is 1. The van der Waals surface area contributed by atoms with E-state index in [1.165, 1.54) is 20.3 Å². The number of halogens is 1. The molecule has 0 saturated heterocycles. The number of nitrogens with zero attached hydrogens (tertiary/aromatic N) is 1. The number of pyridine rings is 1. The molecule has 0 aliphatic heterocycles. The first-order valence-electron chi connectivity index (χ1n) is 9.32. The van der Waals surface area contributed by atoms with Gasteiger partial charge in [-0.2, -0.15) is 0 Å². The van der Waals surface area contributed by atoms with Crippen LogP contribution in [0.2, 0.25) is 0 Å². The second-order valence-electron chi connectivity index (χ2n) is 6.84. The minimum absolute atomic E-state index is 0.0714. The van der Waals surface area contributed by atoms with Crippen molar-refractivity contribution < 1.29 is 18.7 Å². The third kappa shape index (κ3) is 3.35. The molecule has 0 spiro atoms. The summed E-state index contributed by atoms with van der Waals surface area (Å²) < 4.78 is 25.2. The van der Waals surface area contributed by atoms with E-state index < -0.39 is 5.82 Å². The molecule has 0 saturated carbocycles. The molecule has 0 amide bonds. The SMILES string of the molecule is CCCc1c(C)c(-c2c(CC(=O)OC)c(C)nc3[nH]ccc23)cc(F)c1OC. The third-order valence-corrected chi connectivity index (χ3v) is 5.15. The molecule has 3 rings (SSSR count). The summed E-state index contributed by atoms with van der Waals surface area (Å²) in [6, 6.07) is 3.40. The molecule has 5 nitrogen and oxygen atoms in total. The van der Waals surface area contributed by atoms with Gasteiger partial charge in [0.15, 0.2) is 11.6 Å². The Morgan fingerprint density at radius 2 is 2.00 bits per heavy atom. The number of fused-ring (bicyclic) bond motifs is 1. The summed E-state index contributed by atoms with van der Waals surface area (Å²) in [6.45, 7) is 5.87. The van der Waals surface area contributed by atoms with Crippen LogP contribution in [-0.2, 0) is 22.4 Å². The Bertz CT molecular complexity index is 1040. The van der Waals surface area contributed by atoms with Crippen LogP contribution < -0.4 is 4.74 Å². The first kappa shape index (κ1) is 19.9. The summed E-state index contributed by atoms with van der Waals surface area (Å²) >= 11 is 0. The quantitative estimate of drug-likeness (QED) is 0.628. The second kappa shape index (κ2) is 8.00. The fraction of sp³-hybridized carbons (Fsp3) is 0.364. The first-order chi connectivity index (χ1) is 13.4. The number of aromatic amines is 1. The molecule has 3 aromatic rings. The Morgan fingerprint density at radius 1 is 1.25 bits per heavy atom. The van der Waals surface area contributed by atoms with Gasteiger partial charge in [0.2, 0.25) is 0 Å². The number of hydrogen-bond acceptors (Lipinski definition) is 4. The fourth-order valence-corrected chi connectivity index (χ4v) is 3.78. The molecule has 6 heteroatoms. The summed E-state index contributed by atoms with van der Waals surface area (Å²) in [5, 5.41) is 0.847. The molecule has 0 unspecified atom stereocenters. The normalized spacial score (nSPS) is 11.1. The third-order valence-electron chi connectivity index (χ3n) is 5.15. The van der Waals surface area contributed by atoms with Gasteiger partial charge in [-0.15, -0.1) is 0 Å². The van der Waals surface area contributed by atoms with Crippen molar-refractivity contribution in [3.8, 4) is 16.9 Å². The zero-order valence-corrected chi connectivity index (χ0v) is 16.9. The number of rotatable bonds is 6. The summed E-state index contributed by atoms with van der Waals surface area (Å²) in [5.41, 5.74) is 5.51. The molecule has 1 N–H and O–H groups in total. The van der Waals surface area contributed by atoms with E-state index in [4.69, 9.17) is 9.47 Å². The van der Waals surface area contributed by atoms with E-state index in [1.807, 2.05) is 26.8 Å². The van der Waals surface area contributed by atoms with Crippen LogP contribution in [0, 0.1) is 19.7 Å². The lowest BCUT2D eigenvalue weighted by atomic mass is 9.88. The number of H-pyrrole nitrogens is 1. The number of methoxy groups -OCH3 is 2. The minimum Gasteiger partial charge on any atom is -0.493 e. The van der Waals surface area contributed by atoms with Crippen LogP contribution in [0.3, 0.4) is 0 Å². The van der Waals surface area contributed by atoms with E-state index in [9.17, 15) is 9.18 Å². The van der Waals surface area contributed by atoms with E-state index >= 15 is 0 Å². The number of aromatic nitrogens is 2. The molecule has 0 radical (unpaired) electrons. The average Bonchev–Trinajstić information content (AvgIpc) is 3.13. The van der Waals surface area contributed by atoms with Crippen LogP contribution in [0.4, 0.5) is 4.39 Å². The summed E-state index contributed by atoms with van der Waals surface area (Å²) in [4.78, 5) is 19.7. The predicted octanol–water partition coefficient (Wildman–Crippen LogP) is 4.66. The molecular weight excluding hydrogens is 359 g/mol. The van der Waals surface area contributed by atoms with Crippen LogP contribution in [0.15, 0.2) is 18.3 Å². The van der Waals surface area contributed by atoms with Gasteiger partial charge < -0.3 is 14.5 Å². The fourth-order valence-electron chi connectivity index (χ4n) is 3.78. The highest BCUT2D eigenvalue weighted by Gasteiger charge is 2.23. The summed E-state index contributed by atoms with van der Waals surface area (Å²) in [6.07, 6.45) is 3.43. The smallest absolute Gasteiger partial charge is 0.310 e. The van der Waals surface area contributed by atoms with Gasteiger partial charge in [0.05, 0.1) is 20.6 Å². The van der Waals surface area contributed by atoms with Crippen LogP contribution in [-0.4, -0.2) is 30.2 Å². The molecule has 0 fully saturated rings. The molecule has 1 aromatic carbocycles. The van der Waals surface area contributed by atoms with Crippen molar-refractivity contribution in [2.75, 3.05) is 14.2 Å². The van der Waals surface area contributed by atoms with Crippen molar-refractivity contribution in [1.82, 2.24) is 9.97 Å². The van der Waals surface area contributed by atoms with Gasteiger partial charge >= 0.3 is 5.97 Å². The van der Waals surface area contributed by atoms with Gasteiger partial charge in [-0.05, 0) is 54.7 Å². The van der Waals surface area contributed by atoms with Crippen molar-refractivity contribution in [1.29, 1.82) is 0 Å². The van der Waals surface area contributed by atoms with Crippen molar-refractivity contribution in [3.63, 3.8) is 0 Å². The lowest BCUT2D eigenvalue weighted by molar-refractivity contribution is -0.139. The maximum atomic E-state index is 14.9. The van der Waals surface area contributed by atoms with Crippen LogP contribution >= 0.6 is 0 Å². The largest absolute Gasteiger partial charge is 0.493 e. The van der Waals surface area contributed by atoms with Crippen LogP contribution in [0.25, 0.3) is 22.2 Å². The van der Waals surface area contributed by atoms with Gasteiger partial charge in [0.1, 0.15) is 5.65 Å². The molecule has 28 heavy (non-hydrogen) atoms. The second-order valence-corrected chi connectivity index (χ2v) is 6.84. The number of ether oxygens (including phenoxy) is 2. The van der Waals surface area contributed by atoms with Crippen molar-refractivity contribution in [2.45, 2.75) is 40.0 Å². The Labute approximate surface area is 163 Å². The molecule has 0 bridgehead atoms. The average molecular weight is 384 g/mol. The zero-order chi connectivity index (χ0) is 20.4. The summed E-state index contributed by atoms with van der Waals surface area (Å²) in [7, 11) is 2.84. The minimum atomic E-state index is -0.409. The monoisotopic (exact) mass is 384 g/mol. The molecule has 2 heterocycles. The van der Waals surface area contributed by atoms with Gasteiger partial charge in [0.25, 0.3) is 0 Å². The van der Waals surface area contributed by atoms with Gasteiger partial charge in [-0.25, -0.2) is 9.37 Å². The van der Waals surface area contributed by atoms with E-state index in [-0.39, 0.29) is 18.1 Å². The Kier molecular flexibility index (Phi) is 5.68. The topological polar surface area (TPSA) is 64.2 Å².